The predicted molar refractivity (Wildman–Crippen MR) is 116 cm³/mol. The zero-order chi connectivity index (χ0) is 22.2. The van der Waals surface area contributed by atoms with Crippen LogP contribution in [0.15, 0.2) is 41.5 Å². The normalized spacial score (nSPS) is 10.7. The van der Waals surface area contributed by atoms with Gasteiger partial charge in [0.1, 0.15) is 18.3 Å². The quantitative estimate of drug-likeness (QED) is 0.390. The molecule has 0 amide bonds. The Morgan fingerprint density at radius 1 is 1.16 bits per heavy atom. The summed E-state index contributed by atoms with van der Waals surface area (Å²) in [4.78, 5) is 40.2. The Hall–Kier alpha value is -3.62. The van der Waals surface area contributed by atoms with Gasteiger partial charge in [-0.15, -0.1) is 4.73 Å². The number of fused-ring (bicyclic) bond motifs is 1. The van der Waals surface area contributed by atoms with Crippen LogP contribution in [0.1, 0.15) is 42.6 Å². The molecule has 0 aliphatic carbocycles. The maximum atomic E-state index is 13.3. The maximum Gasteiger partial charge on any atom is 0.346 e. The van der Waals surface area contributed by atoms with Crippen molar-refractivity contribution in [1.82, 2.24) is 14.7 Å². The molecule has 1 aromatic carbocycles. The molecule has 0 fully saturated rings. The van der Waals surface area contributed by atoms with Crippen molar-refractivity contribution >= 4 is 22.7 Å². The van der Waals surface area contributed by atoms with E-state index in [2.05, 4.69) is 15.3 Å². The second kappa shape index (κ2) is 10.4. The Morgan fingerprint density at radius 2 is 1.94 bits per heavy atom. The zero-order valence-electron chi connectivity index (χ0n) is 17.9. The van der Waals surface area contributed by atoms with Gasteiger partial charge in [-0.1, -0.05) is 43.7 Å². The molecular weight excluding hydrogens is 400 g/mol. The first-order chi connectivity index (χ1) is 15.1. The molecule has 31 heavy (non-hydrogen) atoms. The van der Waals surface area contributed by atoms with Gasteiger partial charge < -0.3 is 19.6 Å². The summed E-state index contributed by atoms with van der Waals surface area (Å²) in [6.07, 6.45) is 2.90. The maximum absolute atomic E-state index is 13.3. The van der Waals surface area contributed by atoms with Crippen LogP contribution in [0.4, 0.5) is 5.69 Å². The van der Waals surface area contributed by atoms with Gasteiger partial charge in [-0.05, 0) is 18.9 Å². The molecule has 0 saturated carbocycles. The molecule has 0 saturated heterocycles. The Bertz CT molecular complexity index is 1100. The Labute approximate surface area is 179 Å². The van der Waals surface area contributed by atoms with Gasteiger partial charge in [-0.3, -0.25) is 4.79 Å². The van der Waals surface area contributed by atoms with E-state index in [1.165, 1.54) is 13.4 Å². The molecule has 0 bridgehead atoms. The third-order valence-corrected chi connectivity index (χ3v) is 4.59. The van der Waals surface area contributed by atoms with Crippen LogP contribution >= 0.6 is 0 Å². The predicted octanol–water partition coefficient (Wildman–Crippen LogP) is 2.82. The van der Waals surface area contributed by atoms with E-state index in [4.69, 9.17) is 14.3 Å². The molecule has 9 nitrogen and oxygen atoms in total. The van der Waals surface area contributed by atoms with E-state index in [9.17, 15) is 9.59 Å². The number of anilines is 1. The third kappa shape index (κ3) is 4.76. The summed E-state index contributed by atoms with van der Waals surface area (Å²) in [6, 6.07) is 9.59. The van der Waals surface area contributed by atoms with Gasteiger partial charge >= 0.3 is 11.5 Å². The molecular formula is C22H26N4O5. The van der Waals surface area contributed by atoms with Crippen molar-refractivity contribution in [3.05, 3.63) is 58.1 Å². The van der Waals surface area contributed by atoms with Gasteiger partial charge in [0.25, 0.3) is 0 Å². The van der Waals surface area contributed by atoms with Crippen molar-refractivity contribution in [2.24, 2.45) is 0 Å². The minimum absolute atomic E-state index is 0.119. The van der Waals surface area contributed by atoms with Crippen LogP contribution < -0.4 is 20.5 Å². The molecule has 2 heterocycles. The van der Waals surface area contributed by atoms with Crippen molar-refractivity contribution in [2.75, 3.05) is 25.6 Å². The highest BCUT2D eigenvalue weighted by molar-refractivity contribution is 6.05. The van der Waals surface area contributed by atoms with Gasteiger partial charge in [0, 0.05) is 6.54 Å². The molecule has 164 valence electrons. The number of methoxy groups -OCH3 is 1. The first kappa shape index (κ1) is 22.1. The molecule has 9 heteroatoms. The number of nitrogens with zero attached hydrogens (tertiary/aromatic N) is 3. The summed E-state index contributed by atoms with van der Waals surface area (Å²) < 4.78 is 11.6. The number of hydrogen-bond donors (Lipinski definition) is 1. The van der Waals surface area contributed by atoms with E-state index in [0.29, 0.717) is 11.9 Å². The van der Waals surface area contributed by atoms with E-state index in [-0.39, 0.29) is 36.0 Å². The molecule has 0 radical (unpaired) electrons. The second-order valence-corrected chi connectivity index (χ2v) is 6.68. The fourth-order valence-electron chi connectivity index (χ4n) is 3.09. The average Bonchev–Trinajstić information content (AvgIpc) is 2.79. The van der Waals surface area contributed by atoms with Crippen molar-refractivity contribution < 1.29 is 19.1 Å². The topological polar surface area (TPSA) is 105 Å². The Kier molecular flexibility index (Phi) is 7.42. The number of ether oxygens (including phenoxy) is 2. The fourth-order valence-corrected chi connectivity index (χ4v) is 3.09. The number of benzene rings is 1. The number of pyridine rings is 1. The van der Waals surface area contributed by atoms with Crippen molar-refractivity contribution in [1.29, 1.82) is 0 Å². The summed E-state index contributed by atoms with van der Waals surface area (Å²) in [5, 5.41) is 3.55. The van der Waals surface area contributed by atoms with Gasteiger partial charge in [0.05, 0.1) is 19.4 Å². The third-order valence-electron chi connectivity index (χ3n) is 4.59. The Morgan fingerprint density at radius 3 is 2.61 bits per heavy atom. The van der Waals surface area contributed by atoms with Crippen molar-refractivity contribution in [3.8, 4) is 5.88 Å². The molecule has 3 rings (SSSR count). The summed E-state index contributed by atoms with van der Waals surface area (Å²) >= 11 is 0. The number of unbranched alkanes of at least 4 members (excludes halogenated alkanes) is 1. The monoisotopic (exact) mass is 426 g/mol. The van der Waals surface area contributed by atoms with Crippen LogP contribution in [0.2, 0.25) is 0 Å². The standard InChI is InChI=1S/C22H26N4O5/c1-4-6-12-31-26-19-16(20(29-3)25-14-24-19)18(17(21(26)27)22(28)30-5-2)23-13-15-10-8-7-9-11-15/h7-11,14,23H,4-6,12-13H2,1-3H3. The summed E-state index contributed by atoms with van der Waals surface area (Å²) in [6.45, 7) is 4.46. The lowest BCUT2D eigenvalue weighted by atomic mass is 10.1. The lowest BCUT2D eigenvalue weighted by molar-refractivity contribution is 0.0515. The van der Waals surface area contributed by atoms with E-state index >= 15 is 0 Å². The lowest BCUT2D eigenvalue weighted by Crippen LogP contribution is -2.34. The molecule has 0 spiro atoms. The minimum Gasteiger partial charge on any atom is -0.480 e. The van der Waals surface area contributed by atoms with Crippen LogP contribution in [0.3, 0.4) is 0 Å². The van der Waals surface area contributed by atoms with Crippen LogP contribution in [0.25, 0.3) is 11.0 Å². The highest BCUT2D eigenvalue weighted by atomic mass is 16.7. The first-order valence-electron chi connectivity index (χ1n) is 10.2. The van der Waals surface area contributed by atoms with Gasteiger partial charge in [-0.25, -0.2) is 14.8 Å². The van der Waals surface area contributed by atoms with Crippen LogP contribution in [0.5, 0.6) is 5.88 Å². The zero-order valence-corrected chi connectivity index (χ0v) is 17.9. The minimum atomic E-state index is -0.760. The number of aromatic nitrogens is 3. The SMILES string of the molecule is CCCCOn1c(=O)c(C(=O)OCC)c(NCc2ccccc2)c2c(OC)ncnc21. The highest BCUT2D eigenvalue weighted by Gasteiger charge is 2.27. The molecule has 0 atom stereocenters. The van der Waals surface area contributed by atoms with Gasteiger partial charge in [0.15, 0.2) is 11.2 Å². The van der Waals surface area contributed by atoms with Crippen LogP contribution in [0, 0.1) is 0 Å². The first-order valence-corrected chi connectivity index (χ1v) is 10.2. The summed E-state index contributed by atoms with van der Waals surface area (Å²) in [5.74, 6) is -0.553. The van der Waals surface area contributed by atoms with Gasteiger partial charge in [-0.2, -0.15) is 0 Å². The largest absolute Gasteiger partial charge is 0.480 e. The van der Waals surface area contributed by atoms with Crippen LogP contribution in [-0.4, -0.2) is 41.0 Å². The summed E-state index contributed by atoms with van der Waals surface area (Å²) in [7, 11) is 1.46. The van der Waals surface area contributed by atoms with E-state index in [0.717, 1.165) is 23.1 Å². The highest BCUT2D eigenvalue weighted by Crippen LogP contribution is 2.31. The second-order valence-electron chi connectivity index (χ2n) is 6.68. The number of rotatable bonds is 10. The fraction of sp³-hybridized carbons (Fsp3) is 0.364. The molecule has 2 aromatic heterocycles. The van der Waals surface area contributed by atoms with E-state index < -0.39 is 11.5 Å². The molecule has 0 unspecified atom stereocenters. The van der Waals surface area contributed by atoms with Gasteiger partial charge in [0.2, 0.25) is 5.88 Å². The number of carbonyl (C=O) groups is 1. The number of esters is 1. The van der Waals surface area contributed by atoms with Crippen molar-refractivity contribution in [3.63, 3.8) is 0 Å². The summed E-state index contributed by atoms with van der Waals surface area (Å²) in [5.41, 5.74) is 0.574. The Balaban J connectivity index is 2.24. The lowest BCUT2D eigenvalue weighted by Gasteiger charge is -2.18. The molecule has 1 N–H and O–H groups in total. The smallest absolute Gasteiger partial charge is 0.346 e. The molecule has 3 aromatic rings. The number of carbonyl (C=O) groups excluding carboxylic acids is 1. The van der Waals surface area contributed by atoms with Crippen molar-refractivity contribution in [2.45, 2.75) is 33.2 Å². The van der Waals surface area contributed by atoms with E-state index in [1.54, 1.807) is 6.92 Å². The number of nitrogens with one attached hydrogen (secondary N) is 1. The number of hydrogen-bond acceptors (Lipinski definition) is 8. The molecule has 0 aliphatic heterocycles. The van der Waals surface area contributed by atoms with Crippen LogP contribution in [-0.2, 0) is 11.3 Å². The average molecular weight is 426 g/mol. The molecule has 0 aliphatic rings. The van der Waals surface area contributed by atoms with E-state index in [1.807, 2.05) is 37.3 Å².